The summed E-state index contributed by atoms with van der Waals surface area (Å²) < 4.78 is 19.7. The van der Waals surface area contributed by atoms with Gasteiger partial charge in [0.15, 0.2) is 0 Å². The van der Waals surface area contributed by atoms with Gasteiger partial charge < -0.3 is 19.1 Å². The molecule has 0 saturated carbocycles. The number of carbonyl (C=O) groups excluding carboxylic acids is 1. The summed E-state index contributed by atoms with van der Waals surface area (Å²) in [5.41, 5.74) is 0. The van der Waals surface area contributed by atoms with Crippen LogP contribution in [0.1, 0.15) is 0 Å². The third-order valence-corrected chi connectivity index (χ3v) is 3.67. The summed E-state index contributed by atoms with van der Waals surface area (Å²) in [5, 5.41) is 0.712. The maximum absolute atomic E-state index is 11.4. The van der Waals surface area contributed by atoms with Gasteiger partial charge in [0.1, 0.15) is 19.5 Å². The summed E-state index contributed by atoms with van der Waals surface area (Å²) in [7, 11) is 3.35. The van der Waals surface area contributed by atoms with E-state index < -0.39 is 0 Å². The van der Waals surface area contributed by atoms with Gasteiger partial charge in [-0.15, -0.1) is 0 Å². The van der Waals surface area contributed by atoms with Crippen molar-refractivity contribution in [2.75, 3.05) is 34.1 Å². The van der Waals surface area contributed by atoms with E-state index in [4.69, 9.17) is 14.2 Å². The number of carbonyl (C=O) groups is 1. The van der Waals surface area contributed by atoms with Gasteiger partial charge in [-0.2, -0.15) is 9.36 Å². The molecule has 100 valence electrons. The average Bonchev–Trinajstić information content (AvgIpc) is 2.96. The van der Waals surface area contributed by atoms with E-state index in [9.17, 15) is 4.79 Å². The van der Waals surface area contributed by atoms with Crippen LogP contribution in [-0.2, 0) is 9.47 Å². The highest BCUT2D eigenvalue weighted by atomic mass is 32.2. The van der Waals surface area contributed by atoms with Gasteiger partial charge in [-0.05, 0) is 0 Å². The predicted octanol–water partition coefficient (Wildman–Crippen LogP) is 1.06. The minimum absolute atomic E-state index is 0.0617. The maximum atomic E-state index is 11.4. The van der Waals surface area contributed by atoms with Gasteiger partial charge in [0.2, 0.25) is 5.16 Å². The number of aromatic nitrogens is 2. The fourth-order valence-corrected chi connectivity index (χ4v) is 2.33. The van der Waals surface area contributed by atoms with Crippen LogP contribution < -0.4 is 4.74 Å². The van der Waals surface area contributed by atoms with Crippen molar-refractivity contribution in [3.8, 4) is 5.19 Å². The molecular weight excluding hydrogens is 278 g/mol. The number of ether oxygens (including phenoxy) is 3. The van der Waals surface area contributed by atoms with Crippen molar-refractivity contribution in [1.82, 2.24) is 14.3 Å². The largest absolute Gasteiger partial charge is 0.466 e. The van der Waals surface area contributed by atoms with Crippen LogP contribution in [0.5, 0.6) is 5.19 Å². The molecule has 2 rings (SSSR count). The Bertz CT molecular complexity index is 406. The normalized spacial score (nSPS) is 18.9. The first kappa shape index (κ1) is 13.5. The molecule has 0 N–H and O–H groups in total. The zero-order chi connectivity index (χ0) is 13.0. The van der Waals surface area contributed by atoms with E-state index >= 15 is 0 Å². The van der Waals surface area contributed by atoms with Gasteiger partial charge in [0.25, 0.3) is 10.4 Å². The van der Waals surface area contributed by atoms with Crippen molar-refractivity contribution in [3.63, 3.8) is 0 Å². The van der Waals surface area contributed by atoms with Crippen LogP contribution in [0.3, 0.4) is 0 Å². The maximum Gasteiger partial charge on any atom is 0.294 e. The molecule has 1 aromatic rings. The van der Waals surface area contributed by atoms with Crippen LogP contribution >= 0.6 is 23.3 Å². The highest BCUT2D eigenvalue weighted by molar-refractivity contribution is 8.13. The van der Waals surface area contributed by atoms with Crippen molar-refractivity contribution in [3.05, 3.63) is 0 Å². The minimum atomic E-state index is -0.119. The van der Waals surface area contributed by atoms with Crippen molar-refractivity contribution in [1.29, 1.82) is 0 Å². The van der Waals surface area contributed by atoms with Crippen LogP contribution in [0.15, 0.2) is 5.16 Å². The highest BCUT2D eigenvalue weighted by Crippen LogP contribution is 2.23. The van der Waals surface area contributed by atoms with E-state index in [2.05, 4.69) is 9.36 Å². The molecule has 1 saturated heterocycles. The van der Waals surface area contributed by atoms with Gasteiger partial charge in [0, 0.05) is 37.4 Å². The summed E-state index contributed by atoms with van der Waals surface area (Å²) in [6.45, 7) is 1.21. The molecule has 0 aromatic carbocycles. The number of hydrogen-bond acceptors (Lipinski definition) is 8. The van der Waals surface area contributed by atoms with Gasteiger partial charge >= 0.3 is 0 Å². The Morgan fingerprint density at radius 3 is 3.17 bits per heavy atom. The van der Waals surface area contributed by atoms with E-state index in [0.717, 1.165) is 23.3 Å². The summed E-state index contributed by atoms with van der Waals surface area (Å²) in [4.78, 5) is 17.0. The Hall–Kier alpha value is -0.900. The number of amides is 1. The molecule has 0 radical (unpaired) electrons. The lowest BCUT2D eigenvalue weighted by molar-refractivity contribution is 0.0319. The van der Waals surface area contributed by atoms with E-state index in [1.54, 1.807) is 14.1 Å². The summed E-state index contributed by atoms with van der Waals surface area (Å²) in [6.07, 6.45) is -0.0617. The Balaban J connectivity index is 1.80. The minimum Gasteiger partial charge on any atom is -0.466 e. The fraction of sp³-hybridized carbons (Fsp3) is 0.667. The zero-order valence-electron chi connectivity index (χ0n) is 9.99. The molecule has 2 heterocycles. The first-order chi connectivity index (χ1) is 8.65. The second-order valence-electron chi connectivity index (χ2n) is 3.69. The molecule has 1 aromatic heterocycles. The summed E-state index contributed by atoms with van der Waals surface area (Å²) in [6, 6.07) is 0. The summed E-state index contributed by atoms with van der Waals surface area (Å²) in [5.74, 6) is 0. The van der Waals surface area contributed by atoms with Crippen LogP contribution in [0.25, 0.3) is 0 Å². The third kappa shape index (κ3) is 3.80. The van der Waals surface area contributed by atoms with Crippen LogP contribution in [0, 0.1) is 0 Å². The third-order valence-electron chi connectivity index (χ3n) is 2.02. The highest BCUT2D eigenvalue weighted by Gasteiger charge is 2.18. The monoisotopic (exact) mass is 291 g/mol. The Labute approximate surface area is 113 Å². The Morgan fingerprint density at radius 1 is 1.67 bits per heavy atom. The molecule has 1 fully saturated rings. The molecular formula is C9H13N3O4S2. The average molecular weight is 291 g/mol. The molecule has 9 heteroatoms. The molecule has 1 aliphatic rings. The lowest BCUT2D eigenvalue weighted by Gasteiger charge is -2.07. The number of hydrogen-bond donors (Lipinski definition) is 0. The molecule has 1 amide bonds. The van der Waals surface area contributed by atoms with E-state index in [1.165, 1.54) is 4.90 Å². The molecule has 0 bridgehead atoms. The fourth-order valence-electron chi connectivity index (χ4n) is 1.10. The lowest BCUT2D eigenvalue weighted by Crippen LogP contribution is -2.19. The van der Waals surface area contributed by atoms with Crippen LogP contribution in [0.4, 0.5) is 4.79 Å². The second kappa shape index (κ2) is 6.32. The topological polar surface area (TPSA) is 73.8 Å². The molecule has 1 aliphatic heterocycles. The van der Waals surface area contributed by atoms with Crippen molar-refractivity contribution in [2.45, 2.75) is 11.3 Å². The number of nitrogens with zero attached hydrogens (tertiary/aromatic N) is 3. The zero-order valence-corrected chi connectivity index (χ0v) is 11.6. The number of rotatable bonds is 4. The second-order valence-corrected chi connectivity index (χ2v) is 5.33. The van der Waals surface area contributed by atoms with Gasteiger partial charge in [-0.3, -0.25) is 4.79 Å². The van der Waals surface area contributed by atoms with Crippen LogP contribution in [0.2, 0.25) is 0 Å². The standard InChI is InChI=1S/C9H13N3O4S2/c1-12(2)9(13)17-7-10-8(18-11-7)15-4-6-3-14-5-16-6/h6H,3-5H2,1-2H3. The van der Waals surface area contributed by atoms with Gasteiger partial charge in [0.05, 0.1) is 6.61 Å². The van der Waals surface area contributed by atoms with Gasteiger partial charge in [-0.25, -0.2) is 0 Å². The first-order valence-electron chi connectivity index (χ1n) is 5.20. The van der Waals surface area contributed by atoms with Crippen LogP contribution in [-0.4, -0.2) is 59.7 Å². The Morgan fingerprint density at radius 2 is 2.50 bits per heavy atom. The molecule has 0 spiro atoms. The molecule has 1 unspecified atom stereocenters. The van der Waals surface area contributed by atoms with Gasteiger partial charge in [-0.1, -0.05) is 0 Å². The van der Waals surface area contributed by atoms with E-state index in [0.29, 0.717) is 30.4 Å². The van der Waals surface area contributed by atoms with Crippen molar-refractivity contribution in [2.24, 2.45) is 0 Å². The number of thioether (sulfide) groups is 1. The predicted molar refractivity (Wildman–Crippen MR) is 66.0 cm³/mol. The molecule has 1 atom stereocenters. The molecule has 7 nitrogen and oxygen atoms in total. The quantitative estimate of drug-likeness (QED) is 0.768. The SMILES string of the molecule is CN(C)C(=O)Sc1nsc(OCC2COCO2)n1. The van der Waals surface area contributed by atoms with Crippen molar-refractivity contribution < 1.29 is 19.0 Å². The lowest BCUT2D eigenvalue weighted by atomic mass is 10.4. The van der Waals surface area contributed by atoms with Crippen molar-refractivity contribution >= 4 is 28.5 Å². The van der Waals surface area contributed by atoms with E-state index in [-0.39, 0.29) is 11.3 Å². The van der Waals surface area contributed by atoms with E-state index in [1.807, 2.05) is 0 Å². The summed E-state index contributed by atoms with van der Waals surface area (Å²) >= 11 is 2.09. The smallest absolute Gasteiger partial charge is 0.294 e. The molecule has 0 aliphatic carbocycles. The Kier molecular flexibility index (Phi) is 4.75. The molecule has 18 heavy (non-hydrogen) atoms. The first-order valence-corrected chi connectivity index (χ1v) is 6.79.